The summed E-state index contributed by atoms with van der Waals surface area (Å²) in [6.45, 7) is 1.83. The quantitative estimate of drug-likeness (QED) is 0.0241. The summed E-state index contributed by atoms with van der Waals surface area (Å²) in [5.41, 5.74) is 0. The SMILES string of the molecule is CCCCCCCCCCCCC/C=C/[C@@H](O)[C@H](CO[C@@H]1OC(CO)[C@@H](O[C@@H]2OC(CO)[C@H](O)[C@H](O[C@@H]3OC(CO)[C@@H](O[C@@H]4OC(CO)[C@H](O)[C@H](O[C@@H]5OC(CO)[C@@H](O[C@@H]6OC(CO)[C@H](O)[C@H](O)C6O)[C@H](O[C@H]6OC(C)[C@@H](O)C(O)[C@@H]6O)C5NC(C)=O)C4O)[C@H](O[C@H]4OC(C)[C@@H](O)C(O)[C@@H]4O)C3NC(C)=O)C2O)[C@H](O)C1O)NC(=O)CCCCCCCCCCCCCCCCCCCCCCCCC. The zero-order valence-corrected chi connectivity index (χ0v) is 82.4. The molecule has 0 bridgehead atoms. The van der Waals surface area contributed by atoms with Crippen LogP contribution in [0.3, 0.4) is 0 Å². The summed E-state index contributed by atoms with van der Waals surface area (Å²) >= 11 is 0. The second-order valence-electron chi connectivity index (χ2n) is 39.1. The molecule has 0 radical (unpaired) electrons. The second-order valence-corrected chi connectivity index (χ2v) is 39.1. The predicted octanol–water partition coefficient (Wildman–Crippen LogP) is -1.60. The topological polar surface area (TPSA) is 680 Å². The van der Waals surface area contributed by atoms with Crippen LogP contribution < -0.4 is 16.0 Å². The molecule has 0 aromatic heterocycles. The number of ether oxygens (including phenoxy) is 16. The van der Waals surface area contributed by atoms with Gasteiger partial charge in [0.25, 0.3) is 0 Å². The smallest absolute Gasteiger partial charge is 0.220 e. The Morgan fingerprint density at radius 2 is 0.571 bits per heavy atom. The van der Waals surface area contributed by atoms with E-state index in [1.165, 1.54) is 168 Å². The average molecular weight is 2030 g/mol. The Hall–Kier alpha value is -3.37. The van der Waals surface area contributed by atoms with Crippen molar-refractivity contribution >= 4 is 17.7 Å². The number of carbonyl (C=O) groups is 3. The highest BCUT2D eigenvalue weighted by Crippen LogP contribution is 2.42. The van der Waals surface area contributed by atoms with Gasteiger partial charge in [-0.2, -0.15) is 0 Å². The maximum atomic E-state index is 13.7. The fourth-order valence-electron chi connectivity index (χ4n) is 19.4. The molecule has 8 saturated heterocycles. The van der Waals surface area contributed by atoms with Gasteiger partial charge in [0.2, 0.25) is 17.7 Å². The molecule has 0 aromatic carbocycles. The van der Waals surface area contributed by atoms with E-state index in [0.29, 0.717) is 12.8 Å². The van der Waals surface area contributed by atoms with E-state index >= 15 is 0 Å². The van der Waals surface area contributed by atoms with Gasteiger partial charge in [0.1, 0.15) is 183 Å². The van der Waals surface area contributed by atoms with Crippen LogP contribution in [0, 0.1) is 0 Å². The Bertz CT molecular complexity index is 3380. The molecule has 16 unspecified atom stereocenters. The van der Waals surface area contributed by atoms with Gasteiger partial charge in [-0.25, -0.2) is 0 Å². The van der Waals surface area contributed by atoms with Crippen molar-refractivity contribution in [3.05, 3.63) is 12.2 Å². The first kappa shape index (κ1) is 122. The number of hydrogen-bond donors (Lipinski definition) is 25. The average Bonchev–Trinajstić information content (AvgIpc) is 0.756. The number of rotatable bonds is 64. The second kappa shape index (κ2) is 64.2. The fraction of sp³-hybridized carbons (Fsp3) is 0.948. The van der Waals surface area contributed by atoms with Crippen LogP contribution in [0.1, 0.15) is 273 Å². The standard InChI is InChI=1S/C96H173N3O41/c1-7-9-11-13-15-17-19-21-22-23-24-25-26-27-28-29-30-32-34-36-38-40-42-44-64(109)99-56(57(108)43-41-39-37-35-33-31-20-18-16-14-12-10-8-2)51-125-91-79(122)75(118)82(61(48-103)133-91)134-95-80(123)87(70(113)59(46-101)129-95)139-90-66(98-55(6)107)86(138-93-77(120)73(116)68(111)53(4)127-93)84(63(50-105)132-90)136-96-81(124)88(71(114)60(47-102)130-96)140-89-65(97-54(5)106)85(137-92-76(119)72(115)67(110)52(3)126-92)83(62(49-104)131-89)135-94-78(121)74(117)69(112)58(45-100)128-94/h41,43,52-53,56-63,65-96,100-105,108,110-124H,7-40,42,44-51H2,1-6H3,(H,97,106)(H,98,107)(H,99,109)/b43-41+/t52?,53?,56-,57+,58?,59?,60?,61?,62?,63?,65?,66?,67+,68+,69-,70-,71-,72?,73?,74-,75+,76-,77-,78?,79?,80?,81?,82+,83+,84+,85+,86+,87-,88-,89-,90-,91+,92+,93+,94-,95-,96-/m0/s1. The molecule has 0 aliphatic carbocycles. The molecule has 3 amide bonds. The summed E-state index contributed by atoms with van der Waals surface area (Å²) < 4.78 is 97.9. The summed E-state index contributed by atoms with van der Waals surface area (Å²) in [7, 11) is 0. The third-order valence-electron chi connectivity index (χ3n) is 27.9. The molecule has 8 aliphatic heterocycles. The van der Waals surface area contributed by atoms with Crippen molar-refractivity contribution < 1.29 is 203 Å². The first-order valence-electron chi connectivity index (χ1n) is 51.7. The van der Waals surface area contributed by atoms with Crippen molar-refractivity contribution in [2.24, 2.45) is 0 Å². The van der Waals surface area contributed by atoms with Crippen LogP contribution in [-0.4, -0.2) is 434 Å². The van der Waals surface area contributed by atoms with Crippen LogP contribution in [0.4, 0.5) is 0 Å². The molecule has 42 atom stereocenters. The number of unbranched alkanes of at least 4 members (excludes halogenated alkanes) is 33. The highest BCUT2D eigenvalue weighted by atomic mass is 16.8. The third kappa shape index (κ3) is 36.2. The molecule has 140 heavy (non-hydrogen) atoms. The maximum absolute atomic E-state index is 13.7. The van der Waals surface area contributed by atoms with E-state index in [4.69, 9.17) is 75.8 Å². The molecule has 8 rings (SSSR count). The van der Waals surface area contributed by atoms with Crippen molar-refractivity contribution in [2.45, 2.75) is 530 Å². The van der Waals surface area contributed by atoms with E-state index in [1.54, 1.807) is 6.08 Å². The molecule has 818 valence electrons. The summed E-state index contributed by atoms with van der Waals surface area (Å²) in [5.74, 6) is -2.29. The molecule has 44 heteroatoms. The zero-order valence-electron chi connectivity index (χ0n) is 82.4. The maximum Gasteiger partial charge on any atom is 0.220 e. The summed E-state index contributed by atoms with van der Waals surface area (Å²) in [5, 5.41) is 257. The molecular weight excluding hydrogens is 1850 g/mol. The molecular formula is C96H173N3O41. The van der Waals surface area contributed by atoms with Crippen LogP contribution in [0.15, 0.2) is 12.2 Å². The Morgan fingerprint density at radius 1 is 0.293 bits per heavy atom. The minimum atomic E-state index is -2.45. The van der Waals surface area contributed by atoms with E-state index < -0.39 is 316 Å². The highest BCUT2D eigenvalue weighted by Gasteiger charge is 2.62. The number of carbonyl (C=O) groups excluding carboxylic acids is 3. The van der Waals surface area contributed by atoms with E-state index in [9.17, 15) is 127 Å². The summed E-state index contributed by atoms with van der Waals surface area (Å²) in [6, 6.07) is -5.07. The van der Waals surface area contributed by atoms with Gasteiger partial charge in [-0.15, -0.1) is 0 Å². The molecule has 8 aliphatic rings. The monoisotopic (exact) mass is 2020 g/mol. The number of hydrogen-bond acceptors (Lipinski definition) is 41. The van der Waals surface area contributed by atoms with E-state index in [1.807, 2.05) is 6.08 Å². The highest BCUT2D eigenvalue weighted by molar-refractivity contribution is 5.76. The fourth-order valence-corrected chi connectivity index (χ4v) is 19.4. The third-order valence-corrected chi connectivity index (χ3v) is 27.9. The minimum Gasteiger partial charge on any atom is -0.394 e. The lowest BCUT2D eigenvalue weighted by molar-refractivity contribution is -0.400. The Balaban J connectivity index is 0.958. The summed E-state index contributed by atoms with van der Waals surface area (Å²) in [6.07, 6.45) is -32.6. The van der Waals surface area contributed by atoms with Crippen molar-refractivity contribution in [1.29, 1.82) is 0 Å². The van der Waals surface area contributed by atoms with E-state index in [0.717, 1.165) is 71.6 Å². The molecule has 0 spiro atoms. The Labute approximate surface area is 821 Å². The zero-order chi connectivity index (χ0) is 102. The number of amides is 3. The minimum absolute atomic E-state index is 0.142. The van der Waals surface area contributed by atoms with Crippen molar-refractivity contribution in [1.82, 2.24) is 16.0 Å². The van der Waals surface area contributed by atoms with Crippen LogP contribution in [-0.2, 0) is 90.2 Å². The Morgan fingerprint density at radius 3 is 0.929 bits per heavy atom. The number of aliphatic hydroxyl groups is 22. The van der Waals surface area contributed by atoms with Gasteiger partial charge in [0.05, 0.1) is 70.6 Å². The van der Waals surface area contributed by atoms with Crippen LogP contribution in [0.2, 0.25) is 0 Å². The van der Waals surface area contributed by atoms with E-state index in [-0.39, 0.29) is 12.3 Å². The molecule has 8 fully saturated rings. The van der Waals surface area contributed by atoms with Gasteiger partial charge in [-0.3, -0.25) is 14.4 Å². The lowest BCUT2D eigenvalue weighted by Crippen LogP contribution is -2.72. The van der Waals surface area contributed by atoms with Crippen LogP contribution in [0.5, 0.6) is 0 Å². The lowest BCUT2D eigenvalue weighted by Gasteiger charge is -2.52. The van der Waals surface area contributed by atoms with Gasteiger partial charge in [0.15, 0.2) is 50.3 Å². The summed E-state index contributed by atoms with van der Waals surface area (Å²) in [4.78, 5) is 40.9. The normalized spacial score (nSPS) is 38.8. The van der Waals surface area contributed by atoms with Gasteiger partial charge < -0.3 is 204 Å². The molecule has 0 saturated carbocycles. The van der Waals surface area contributed by atoms with Crippen LogP contribution >= 0.6 is 0 Å². The van der Waals surface area contributed by atoms with Crippen molar-refractivity contribution in [2.75, 3.05) is 46.2 Å². The van der Waals surface area contributed by atoms with E-state index in [2.05, 4.69) is 29.8 Å². The molecule has 25 N–H and O–H groups in total. The van der Waals surface area contributed by atoms with Gasteiger partial charge in [0, 0.05) is 20.3 Å². The molecule has 44 nitrogen and oxygen atoms in total. The number of aliphatic hydroxyl groups excluding tert-OH is 22. The molecule has 8 heterocycles. The largest absolute Gasteiger partial charge is 0.394 e. The van der Waals surface area contributed by atoms with Gasteiger partial charge in [-0.05, 0) is 33.1 Å². The number of allylic oxidation sites excluding steroid dienone is 1. The number of nitrogens with one attached hydrogen (secondary N) is 3. The first-order chi connectivity index (χ1) is 67.2. The predicted molar refractivity (Wildman–Crippen MR) is 493 cm³/mol. The first-order valence-corrected chi connectivity index (χ1v) is 51.7. The van der Waals surface area contributed by atoms with Crippen molar-refractivity contribution in [3.63, 3.8) is 0 Å². The Kier molecular flexibility index (Phi) is 55.9. The van der Waals surface area contributed by atoms with Crippen LogP contribution in [0.25, 0.3) is 0 Å². The molecule has 0 aromatic rings. The van der Waals surface area contributed by atoms with Gasteiger partial charge >= 0.3 is 0 Å². The van der Waals surface area contributed by atoms with Crippen molar-refractivity contribution in [3.8, 4) is 0 Å². The van der Waals surface area contributed by atoms with Gasteiger partial charge in [-0.1, -0.05) is 231 Å². The lowest BCUT2D eigenvalue weighted by atomic mass is 9.93.